The van der Waals surface area contributed by atoms with Gasteiger partial charge in [-0.1, -0.05) is 7.43 Å². The molecule has 0 unspecified atom stereocenters. The third-order valence-electron chi connectivity index (χ3n) is 5.95. The number of piperidine rings is 1. The van der Waals surface area contributed by atoms with Crippen LogP contribution in [-0.4, -0.2) is 37.2 Å². The zero-order valence-corrected chi connectivity index (χ0v) is 13.3. The molecule has 5 nitrogen and oxygen atoms in total. The summed E-state index contributed by atoms with van der Waals surface area (Å²) in [6.45, 7) is 3.38. The van der Waals surface area contributed by atoms with E-state index >= 15 is 0 Å². The Balaban J connectivity index is 0.00000146. The highest BCUT2D eigenvalue weighted by molar-refractivity contribution is 6.01. The molecule has 0 bridgehead atoms. The van der Waals surface area contributed by atoms with Gasteiger partial charge in [0.1, 0.15) is 0 Å². The Hall–Kier alpha value is -1.75. The molecule has 1 aromatic carbocycles. The van der Waals surface area contributed by atoms with Crippen molar-refractivity contribution in [3.05, 3.63) is 23.3 Å². The molecule has 24 heavy (non-hydrogen) atoms. The second kappa shape index (κ2) is 5.66. The maximum absolute atomic E-state index is 12.9. The normalized spacial score (nSPS) is 23.3. The van der Waals surface area contributed by atoms with Crippen molar-refractivity contribution in [3.8, 4) is 11.5 Å². The van der Waals surface area contributed by atoms with E-state index in [1.807, 2.05) is 12.1 Å². The molecule has 130 valence electrons. The molecule has 1 amide bonds. The first-order valence-electron chi connectivity index (χ1n) is 8.75. The van der Waals surface area contributed by atoms with Crippen molar-refractivity contribution in [3.63, 3.8) is 0 Å². The summed E-state index contributed by atoms with van der Waals surface area (Å²) in [5.74, 6) is 2.45. The maximum Gasteiger partial charge on any atom is 0.255 e. The van der Waals surface area contributed by atoms with Gasteiger partial charge < -0.3 is 19.7 Å². The average molecular weight is 330 g/mol. The van der Waals surface area contributed by atoms with E-state index < -0.39 is 0 Å². The summed E-state index contributed by atoms with van der Waals surface area (Å²) in [4.78, 5) is 15.1. The summed E-state index contributed by atoms with van der Waals surface area (Å²) in [5.41, 5.74) is 1.95. The smallest absolute Gasteiger partial charge is 0.255 e. The molecule has 3 aliphatic heterocycles. The number of hydrogen-bond donors (Lipinski definition) is 1. The van der Waals surface area contributed by atoms with Gasteiger partial charge in [-0.25, -0.2) is 0 Å². The Morgan fingerprint density at radius 3 is 2.58 bits per heavy atom. The summed E-state index contributed by atoms with van der Waals surface area (Å²) in [5, 5.41) is 3.41. The summed E-state index contributed by atoms with van der Waals surface area (Å²) in [7, 11) is 0. The zero-order chi connectivity index (χ0) is 15.4. The predicted molar refractivity (Wildman–Crippen MR) is 91.5 cm³/mol. The number of ether oxygens (including phenoxy) is 2. The number of carbonyl (C=O) groups excluding carboxylic acids is 1. The molecule has 2 fully saturated rings. The fourth-order valence-corrected chi connectivity index (χ4v) is 4.44. The van der Waals surface area contributed by atoms with Crippen molar-refractivity contribution >= 4 is 5.91 Å². The summed E-state index contributed by atoms with van der Waals surface area (Å²) < 4.78 is 11.0. The summed E-state index contributed by atoms with van der Waals surface area (Å²) in [6, 6.07) is 3.94. The van der Waals surface area contributed by atoms with Crippen molar-refractivity contribution in [1.29, 1.82) is 0 Å². The molecule has 1 N–H and O–H groups in total. The van der Waals surface area contributed by atoms with E-state index in [0.717, 1.165) is 61.7 Å². The largest absolute Gasteiger partial charge is 0.454 e. The molecule has 1 aliphatic carbocycles. The SMILES string of the molecule is C.O=C1c2cc3c(cc2C2(CC2)N1CCC1CCNCC1)OCO3. The van der Waals surface area contributed by atoms with E-state index in [1.54, 1.807) is 0 Å². The van der Waals surface area contributed by atoms with Gasteiger partial charge in [0.15, 0.2) is 11.5 Å². The van der Waals surface area contributed by atoms with Crippen molar-refractivity contribution in [2.75, 3.05) is 26.4 Å². The maximum atomic E-state index is 12.9. The second-order valence-electron chi connectivity index (χ2n) is 7.22. The van der Waals surface area contributed by atoms with E-state index in [1.165, 1.54) is 12.8 Å². The Labute approximate surface area is 143 Å². The quantitative estimate of drug-likeness (QED) is 0.926. The van der Waals surface area contributed by atoms with Gasteiger partial charge in [0.05, 0.1) is 5.54 Å². The monoisotopic (exact) mass is 330 g/mol. The number of amides is 1. The van der Waals surface area contributed by atoms with Gasteiger partial charge in [0.25, 0.3) is 5.91 Å². The number of fused-ring (bicyclic) bond motifs is 3. The highest BCUT2D eigenvalue weighted by Crippen LogP contribution is 2.58. The molecule has 0 radical (unpaired) electrons. The van der Waals surface area contributed by atoms with Gasteiger partial charge in [-0.15, -0.1) is 0 Å². The molecule has 0 atom stereocenters. The van der Waals surface area contributed by atoms with Crippen LogP contribution in [0.1, 0.15) is 55.5 Å². The first-order chi connectivity index (χ1) is 11.3. The number of hydrogen-bond acceptors (Lipinski definition) is 4. The van der Waals surface area contributed by atoms with Gasteiger partial charge in [-0.05, 0) is 68.8 Å². The van der Waals surface area contributed by atoms with Crippen molar-refractivity contribution in [2.45, 2.75) is 45.1 Å². The van der Waals surface area contributed by atoms with Gasteiger partial charge in [-0.3, -0.25) is 4.79 Å². The van der Waals surface area contributed by atoms with E-state index in [9.17, 15) is 4.79 Å². The molecular weight excluding hydrogens is 304 g/mol. The minimum Gasteiger partial charge on any atom is -0.454 e. The number of nitrogens with zero attached hydrogens (tertiary/aromatic N) is 1. The van der Waals surface area contributed by atoms with Crippen molar-refractivity contribution in [1.82, 2.24) is 10.2 Å². The lowest BCUT2D eigenvalue weighted by Gasteiger charge is -2.29. The molecular formula is C19H26N2O3. The van der Waals surface area contributed by atoms with Gasteiger partial charge >= 0.3 is 0 Å². The molecule has 1 aromatic rings. The van der Waals surface area contributed by atoms with Crippen molar-refractivity contribution in [2.24, 2.45) is 5.92 Å². The molecule has 5 rings (SSSR count). The van der Waals surface area contributed by atoms with Gasteiger partial charge in [-0.2, -0.15) is 0 Å². The lowest BCUT2D eigenvalue weighted by Crippen LogP contribution is -2.36. The lowest BCUT2D eigenvalue weighted by molar-refractivity contribution is 0.0682. The number of rotatable bonds is 3. The molecule has 4 aliphatic rings. The molecule has 1 saturated heterocycles. The van der Waals surface area contributed by atoms with Crippen LogP contribution in [0.25, 0.3) is 0 Å². The minimum absolute atomic E-state index is 0. The van der Waals surface area contributed by atoms with Crippen molar-refractivity contribution < 1.29 is 14.3 Å². The molecule has 3 heterocycles. The molecule has 0 aromatic heterocycles. The van der Waals surface area contributed by atoms with E-state index in [4.69, 9.17) is 9.47 Å². The highest BCUT2D eigenvalue weighted by atomic mass is 16.7. The zero-order valence-electron chi connectivity index (χ0n) is 13.3. The Bertz CT molecular complexity index is 663. The van der Waals surface area contributed by atoms with E-state index in [2.05, 4.69) is 10.2 Å². The van der Waals surface area contributed by atoms with Crippen LogP contribution < -0.4 is 14.8 Å². The molecule has 1 saturated carbocycles. The number of benzene rings is 1. The molecule has 1 spiro atoms. The number of nitrogens with one attached hydrogen (secondary N) is 1. The second-order valence-corrected chi connectivity index (χ2v) is 7.22. The van der Waals surface area contributed by atoms with Gasteiger partial charge in [0.2, 0.25) is 6.79 Å². The Morgan fingerprint density at radius 1 is 1.17 bits per heavy atom. The lowest BCUT2D eigenvalue weighted by atomic mass is 9.94. The standard InChI is InChI=1S/C18H22N2O3.CH4/c21-17-13-9-15-16(23-11-22-15)10-14(13)18(4-5-18)20(17)8-3-12-1-6-19-7-2-12;/h9-10,12,19H,1-8,11H2;1H4. The summed E-state index contributed by atoms with van der Waals surface area (Å²) >= 11 is 0. The molecule has 5 heteroatoms. The fourth-order valence-electron chi connectivity index (χ4n) is 4.44. The fraction of sp³-hybridized carbons (Fsp3) is 0.632. The predicted octanol–water partition coefficient (Wildman–Crippen LogP) is 2.89. The minimum atomic E-state index is -0.0414. The van der Waals surface area contributed by atoms with Crippen LogP contribution in [0.3, 0.4) is 0 Å². The highest BCUT2D eigenvalue weighted by Gasteiger charge is 2.58. The van der Waals surface area contributed by atoms with Crippen LogP contribution in [0.4, 0.5) is 0 Å². The topological polar surface area (TPSA) is 50.8 Å². The van der Waals surface area contributed by atoms with Crippen LogP contribution in [0.5, 0.6) is 11.5 Å². The Kier molecular flexibility index (Phi) is 3.71. The van der Waals surface area contributed by atoms with Crippen LogP contribution in [-0.2, 0) is 5.54 Å². The van der Waals surface area contributed by atoms with E-state index in [0.29, 0.717) is 5.75 Å². The van der Waals surface area contributed by atoms with Crippen LogP contribution in [0, 0.1) is 5.92 Å². The van der Waals surface area contributed by atoms with Gasteiger partial charge in [0, 0.05) is 12.1 Å². The number of carbonyl (C=O) groups is 1. The van der Waals surface area contributed by atoms with E-state index in [-0.39, 0.29) is 25.7 Å². The first kappa shape index (κ1) is 15.8. The Morgan fingerprint density at radius 2 is 1.88 bits per heavy atom. The van der Waals surface area contributed by atoms with Crippen LogP contribution in [0.15, 0.2) is 12.1 Å². The van der Waals surface area contributed by atoms with Crippen LogP contribution in [0.2, 0.25) is 0 Å². The van der Waals surface area contributed by atoms with Crippen LogP contribution >= 0.6 is 0 Å². The average Bonchev–Trinajstić information content (AvgIpc) is 3.18. The third kappa shape index (κ3) is 2.21. The third-order valence-corrected chi connectivity index (χ3v) is 5.95. The first-order valence-corrected chi connectivity index (χ1v) is 8.75. The summed E-state index contributed by atoms with van der Waals surface area (Å²) in [6.07, 6.45) is 5.75.